The van der Waals surface area contributed by atoms with Crippen molar-refractivity contribution in [3.05, 3.63) is 34.9 Å². The smallest absolute Gasteiger partial charge is 0.0587 e. The Hall–Kier alpha value is -0.900. The van der Waals surface area contributed by atoms with E-state index in [0.717, 1.165) is 6.54 Å². The summed E-state index contributed by atoms with van der Waals surface area (Å²) in [7, 11) is 0. The summed E-state index contributed by atoms with van der Waals surface area (Å²) < 4.78 is 0. The molecular formula is C14H23N3. The summed E-state index contributed by atoms with van der Waals surface area (Å²) in [5.74, 6) is 5.26. The summed E-state index contributed by atoms with van der Waals surface area (Å²) in [6.07, 6.45) is 3.82. The van der Waals surface area contributed by atoms with E-state index in [4.69, 9.17) is 5.84 Å². The van der Waals surface area contributed by atoms with Crippen LogP contribution in [0.4, 0.5) is 0 Å². The topological polar surface area (TPSA) is 50.1 Å². The van der Waals surface area contributed by atoms with Gasteiger partial charge in [-0.3, -0.25) is 5.84 Å². The normalized spacial score (nSPS) is 15.0. The molecule has 3 heteroatoms. The van der Waals surface area contributed by atoms with Crippen LogP contribution in [0.25, 0.3) is 0 Å². The number of benzene rings is 1. The molecule has 3 nitrogen and oxygen atoms in total. The zero-order valence-corrected chi connectivity index (χ0v) is 10.8. The van der Waals surface area contributed by atoms with Gasteiger partial charge in [0, 0.05) is 12.0 Å². The highest BCUT2D eigenvalue weighted by atomic mass is 15.3. The third-order valence-corrected chi connectivity index (χ3v) is 3.67. The standard InChI is InChI=1S/C14H23N3/c1-14(2,9-16-10-17-15)13-7-6-11-4-3-5-12(11)8-13/h6-8,16-17H,3-5,9-10,15H2,1-2H3. The molecule has 0 aliphatic heterocycles. The predicted octanol–water partition coefficient (Wildman–Crippen LogP) is 1.46. The Morgan fingerprint density at radius 1 is 1.24 bits per heavy atom. The fraction of sp³-hybridized carbons (Fsp3) is 0.571. The van der Waals surface area contributed by atoms with Crippen LogP contribution < -0.4 is 16.6 Å². The molecule has 0 unspecified atom stereocenters. The monoisotopic (exact) mass is 233 g/mol. The second-order valence-electron chi connectivity index (χ2n) is 5.53. The minimum atomic E-state index is 0.147. The minimum Gasteiger partial charge on any atom is -0.303 e. The zero-order valence-electron chi connectivity index (χ0n) is 10.8. The molecular weight excluding hydrogens is 210 g/mol. The maximum Gasteiger partial charge on any atom is 0.0587 e. The van der Waals surface area contributed by atoms with Crippen LogP contribution in [0.15, 0.2) is 18.2 Å². The van der Waals surface area contributed by atoms with Gasteiger partial charge in [-0.2, -0.15) is 0 Å². The molecule has 94 valence electrons. The SMILES string of the molecule is CC(C)(CNCNN)c1ccc2c(c1)CCC2. The van der Waals surface area contributed by atoms with Crippen molar-refractivity contribution in [2.24, 2.45) is 5.84 Å². The quantitative estimate of drug-likeness (QED) is 0.312. The molecule has 17 heavy (non-hydrogen) atoms. The molecule has 0 fully saturated rings. The second kappa shape index (κ2) is 5.17. The lowest BCUT2D eigenvalue weighted by Crippen LogP contribution is -2.40. The second-order valence-corrected chi connectivity index (χ2v) is 5.53. The molecule has 0 heterocycles. The van der Waals surface area contributed by atoms with E-state index in [9.17, 15) is 0 Å². The van der Waals surface area contributed by atoms with E-state index in [1.54, 1.807) is 11.1 Å². The maximum absolute atomic E-state index is 5.26. The fourth-order valence-electron chi connectivity index (χ4n) is 2.54. The van der Waals surface area contributed by atoms with Gasteiger partial charge in [0.15, 0.2) is 0 Å². The minimum absolute atomic E-state index is 0.147. The number of nitrogens with two attached hydrogens (primary N) is 1. The summed E-state index contributed by atoms with van der Waals surface area (Å²) in [6.45, 7) is 6.12. The number of nitrogens with one attached hydrogen (secondary N) is 2. The van der Waals surface area contributed by atoms with E-state index < -0.39 is 0 Å². The predicted molar refractivity (Wildman–Crippen MR) is 71.7 cm³/mol. The van der Waals surface area contributed by atoms with Crippen molar-refractivity contribution in [1.82, 2.24) is 10.7 Å². The van der Waals surface area contributed by atoms with Crippen molar-refractivity contribution in [2.75, 3.05) is 13.2 Å². The van der Waals surface area contributed by atoms with Crippen LogP contribution in [0, 0.1) is 0 Å². The molecule has 1 aromatic rings. The van der Waals surface area contributed by atoms with Gasteiger partial charge in [-0.15, -0.1) is 0 Å². The van der Waals surface area contributed by atoms with Gasteiger partial charge >= 0.3 is 0 Å². The van der Waals surface area contributed by atoms with Gasteiger partial charge in [0.05, 0.1) is 6.67 Å². The Bertz CT molecular complexity index is 385. The van der Waals surface area contributed by atoms with Crippen molar-refractivity contribution in [2.45, 2.75) is 38.5 Å². The van der Waals surface area contributed by atoms with Crippen molar-refractivity contribution in [1.29, 1.82) is 0 Å². The van der Waals surface area contributed by atoms with Gasteiger partial charge in [-0.05, 0) is 36.0 Å². The van der Waals surface area contributed by atoms with E-state index in [-0.39, 0.29) is 5.41 Å². The molecule has 1 aliphatic rings. The first-order valence-electron chi connectivity index (χ1n) is 6.40. The molecule has 2 rings (SSSR count). The first-order valence-corrected chi connectivity index (χ1v) is 6.40. The average molecular weight is 233 g/mol. The number of hydrogen-bond acceptors (Lipinski definition) is 3. The van der Waals surface area contributed by atoms with E-state index in [2.05, 4.69) is 42.8 Å². The Labute approximate surface area is 104 Å². The summed E-state index contributed by atoms with van der Waals surface area (Å²) in [4.78, 5) is 0. The van der Waals surface area contributed by atoms with Crippen molar-refractivity contribution >= 4 is 0 Å². The molecule has 0 radical (unpaired) electrons. The van der Waals surface area contributed by atoms with Gasteiger partial charge in [0.2, 0.25) is 0 Å². The summed E-state index contributed by atoms with van der Waals surface area (Å²) >= 11 is 0. The summed E-state index contributed by atoms with van der Waals surface area (Å²) in [6, 6.07) is 6.97. The third kappa shape index (κ3) is 2.86. The van der Waals surface area contributed by atoms with Crippen LogP contribution in [-0.2, 0) is 18.3 Å². The Balaban J connectivity index is 2.10. The number of fused-ring (bicyclic) bond motifs is 1. The summed E-state index contributed by atoms with van der Waals surface area (Å²) in [5.41, 5.74) is 7.28. The maximum atomic E-state index is 5.26. The molecule has 0 aromatic heterocycles. The molecule has 0 spiro atoms. The van der Waals surface area contributed by atoms with Crippen LogP contribution >= 0.6 is 0 Å². The highest BCUT2D eigenvalue weighted by Crippen LogP contribution is 2.29. The number of aryl methyl sites for hydroxylation is 2. The Morgan fingerprint density at radius 3 is 2.76 bits per heavy atom. The van der Waals surface area contributed by atoms with Crippen molar-refractivity contribution < 1.29 is 0 Å². The van der Waals surface area contributed by atoms with E-state index in [1.807, 2.05) is 0 Å². The molecule has 4 N–H and O–H groups in total. The number of rotatable bonds is 5. The van der Waals surface area contributed by atoms with E-state index in [0.29, 0.717) is 6.67 Å². The van der Waals surface area contributed by atoms with E-state index in [1.165, 1.54) is 24.8 Å². The first-order chi connectivity index (χ1) is 8.13. The lowest BCUT2D eigenvalue weighted by molar-refractivity contribution is 0.454. The van der Waals surface area contributed by atoms with Crippen LogP contribution in [0.1, 0.15) is 37.0 Å². The van der Waals surface area contributed by atoms with Gasteiger partial charge in [-0.25, -0.2) is 5.43 Å². The largest absolute Gasteiger partial charge is 0.303 e. The fourth-order valence-corrected chi connectivity index (χ4v) is 2.54. The van der Waals surface area contributed by atoms with E-state index >= 15 is 0 Å². The van der Waals surface area contributed by atoms with Gasteiger partial charge in [0.1, 0.15) is 0 Å². The lowest BCUT2D eigenvalue weighted by atomic mass is 9.83. The highest BCUT2D eigenvalue weighted by molar-refractivity contribution is 5.38. The molecule has 1 aliphatic carbocycles. The molecule has 1 aromatic carbocycles. The highest BCUT2D eigenvalue weighted by Gasteiger charge is 2.22. The summed E-state index contributed by atoms with van der Waals surface area (Å²) in [5, 5.41) is 3.31. The lowest BCUT2D eigenvalue weighted by Gasteiger charge is -2.26. The van der Waals surface area contributed by atoms with Crippen LogP contribution in [0.2, 0.25) is 0 Å². The average Bonchev–Trinajstić information content (AvgIpc) is 2.76. The zero-order chi connectivity index (χ0) is 12.3. The van der Waals surface area contributed by atoms with Crippen molar-refractivity contribution in [3.63, 3.8) is 0 Å². The molecule has 0 atom stereocenters. The number of hydrogen-bond donors (Lipinski definition) is 3. The van der Waals surface area contributed by atoms with Gasteiger partial charge < -0.3 is 5.32 Å². The first kappa shape index (κ1) is 12.6. The van der Waals surface area contributed by atoms with Gasteiger partial charge in [0.25, 0.3) is 0 Å². The van der Waals surface area contributed by atoms with Crippen LogP contribution in [-0.4, -0.2) is 13.2 Å². The molecule has 0 saturated heterocycles. The molecule has 0 saturated carbocycles. The van der Waals surface area contributed by atoms with Crippen LogP contribution in [0.3, 0.4) is 0 Å². The Morgan fingerprint density at radius 2 is 2.00 bits per heavy atom. The molecule has 0 amide bonds. The third-order valence-electron chi connectivity index (χ3n) is 3.67. The van der Waals surface area contributed by atoms with Gasteiger partial charge in [-0.1, -0.05) is 32.0 Å². The number of hydrazine groups is 1. The van der Waals surface area contributed by atoms with Crippen LogP contribution in [0.5, 0.6) is 0 Å². The Kier molecular flexibility index (Phi) is 3.82. The van der Waals surface area contributed by atoms with Crippen molar-refractivity contribution in [3.8, 4) is 0 Å². The molecule has 0 bridgehead atoms.